The van der Waals surface area contributed by atoms with Gasteiger partial charge in [-0.3, -0.25) is 0 Å². The van der Waals surface area contributed by atoms with Crippen LogP contribution < -0.4 is 9.47 Å². The molecule has 0 radical (unpaired) electrons. The molecule has 0 aliphatic heterocycles. The van der Waals surface area contributed by atoms with Gasteiger partial charge in [0.25, 0.3) is 0 Å². The molecule has 1 aliphatic rings. The van der Waals surface area contributed by atoms with E-state index in [4.69, 9.17) is 9.47 Å². The molecular weight excluding hydrogens is 538 g/mol. The molecule has 5 rings (SSSR count). The van der Waals surface area contributed by atoms with Crippen molar-refractivity contribution in [2.45, 2.75) is 39.2 Å². The van der Waals surface area contributed by atoms with Crippen molar-refractivity contribution in [1.82, 2.24) is 0 Å². The molecule has 4 heteroatoms. The molecule has 0 amide bonds. The second-order valence-corrected chi connectivity index (χ2v) is 9.93. The fourth-order valence-corrected chi connectivity index (χ4v) is 5.62. The van der Waals surface area contributed by atoms with Gasteiger partial charge in [-0.25, -0.2) is 4.39 Å². The van der Waals surface area contributed by atoms with Crippen molar-refractivity contribution in [3.8, 4) is 17.2 Å². The molecule has 0 bridgehead atoms. The molecule has 0 saturated carbocycles. The van der Waals surface area contributed by atoms with E-state index in [-0.39, 0.29) is 5.82 Å². The summed E-state index contributed by atoms with van der Waals surface area (Å²) in [6, 6.07) is 25.0. The maximum Gasteiger partial charge on any atom is 0.133 e. The first kappa shape index (κ1) is 22.9. The lowest BCUT2D eigenvalue weighted by atomic mass is 10.0. The van der Waals surface area contributed by atoms with Crippen molar-refractivity contribution in [1.29, 1.82) is 0 Å². The maximum absolute atomic E-state index is 13.4. The second kappa shape index (κ2) is 10.2. The van der Waals surface area contributed by atoms with E-state index in [1.54, 1.807) is 0 Å². The SMILES string of the molecule is Cc1cc(I)c2c(c1Oc1ccc(OCc3ccccc3)c(Cc3ccc(F)cc3)c1)CCC2. The molecule has 4 aromatic rings. The molecule has 0 aromatic heterocycles. The van der Waals surface area contributed by atoms with E-state index in [2.05, 4.69) is 53.8 Å². The summed E-state index contributed by atoms with van der Waals surface area (Å²) in [5.74, 6) is 2.36. The van der Waals surface area contributed by atoms with E-state index < -0.39 is 0 Å². The van der Waals surface area contributed by atoms with Gasteiger partial charge in [0, 0.05) is 15.6 Å². The zero-order valence-corrected chi connectivity index (χ0v) is 21.3. The van der Waals surface area contributed by atoms with Gasteiger partial charge in [0.1, 0.15) is 29.7 Å². The lowest BCUT2D eigenvalue weighted by molar-refractivity contribution is 0.303. The van der Waals surface area contributed by atoms with Crippen LogP contribution in [0.3, 0.4) is 0 Å². The molecule has 0 fully saturated rings. The monoisotopic (exact) mass is 564 g/mol. The molecule has 2 nitrogen and oxygen atoms in total. The molecular formula is C30H26FIO2. The van der Waals surface area contributed by atoms with Crippen LogP contribution in [-0.2, 0) is 25.9 Å². The minimum absolute atomic E-state index is 0.232. The van der Waals surface area contributed by atoms with Gasteiger partial charge in [-0.05, 0) is 113 Å². The van der Waals surface area contributed by atoms with E-state index in [1.165, 1.54) is 33.3 Å². The molecule has 1 aliphatic carbocycles. The highest BCUT2D eigenvalue weighted by molar-refractivity contribution is 14.1. The van der Waals surface area contributed by atoms with E-state index in [0.29, 0.717) is 13.0 Å². The largest absolute Gasteiger partial charge is 0.489 e. The Morgan fingerprint density at radius 2 is 1.62 bits per heavy atom. The average molecular weight is 564 g/mol. The maximum atomic E-state index is 13.4. The summed E-state index contributed by atoms with van der Waals surface area (Å²) in [7, 11) is 0. The van der Waals surface area contributed by atoms with E-state index in [0.717, 1.165) is 52.3 Å². The first-order valence-electron chi connectivity index (χ1n) is 11.6. The van der Waals surface area contributed by atoms with Gasteiger partial charge in [-0.2, -0.15) is 0 Å². The number of rotatable bonds is 7. The Bertz CT molecular complexity index is 1300. The standard InChI is InChI=1S/C30H26FIO2/c1-20-16-28(32)26-8-5-9-27(26)30(20)34-25-14-15-29(33-19-22-6-3-2-4-7-22)23(18-25)17-21-10-12-24(31)13-11-21/h2-4,6-7,10-16,18H,5,8-9,17,19H2,1H3. The number of fused-ring (bicyclic) bond motifs is 1. The van der Waals surface area contributed by atoms with Crippen molar-refractivity contribution in [3.05, 3.63) is 122 Å². The third-order valence-electron chi connectivity index (χ3n) is 6.28. The van der Waals surface area contributed by atoms with Crippen LogP contribution in [0.1, 0.15) is 39.8 Å². The molecule has 0 saturated heterocycles. The number of ether oxygens (including phenoxy) is 2. The van der Waals surface area contributed by atoms with Gasteiger partial charge in [0.05, 0.1) is 0 Å². The van der Waals surface area contributed by atoms with Crippen LogP contribution in [0, 0.1) is 16.3 Å². The van der Waals surface area contributed by atoms with Gasteiger partial charge in [0.15, 0.2) is 0 Å². The third-order valence-corrected chi connectivity index (χ3v) is 7.24. The van der Waals surface area contributed by atoms with E-state index >= 15 is 0 Å². The molecule has 0 heterocycles. The first-order chi connectivity index (χ1) is 16.6. The van der Waals surface area contributed by atoms with Crippen LogP contribution in [-0.4, -0.2) is 0 Å². The summed E-state index contributed by atoms with van der Waals surface area (Å²) in [6.07, 6.45) is 3.98. The highest BCUT2D eigenvalue weighted by Crippen LogP contribution is 2.40. The number of hydrogen-bond donors (Lipinski definition) is 0. The van der Waals surface area contributed by atoms with Crippen LogP contribution in [0.25, 0.3) is 0 Å². The van der Waals surface area contributed by atoms with Crippen molar-refractivity contribution in [3.63, 3.8) is 0 Å². The van der Waals surface area contributed by atoms with Crippen LogP contribution >= 0.6 is 22.6 Å². The lowest BCUT2D eigenvalue weighted by Crippen LogP contribution is -2.01. The normalized spacial score (nSPS) is 12.4. The molecule has 4 aromatic carbocycles. The molecule has 172 valence electrons. The zero-order valence-electron chi connectivity index (χ0n) is 19.1. The number of hydrogen-bond acceptors (Lipinski definition) is 2. The quantitative estimate of drug-likeness (QED) is 0.211. The summed E-state index contributed by atoms with van der Waals surface area (Å²) < 4.78 is 27.5. The Hall–Kier alpha value is -2.86. The Morgan fingerprint density at radius 3 is 2.41 bits per heavy atom. The number of aryl methyl sites for hydroxylation is 1. The van der Waals surface area contributed by atoms with Gasteiger partial charge in [-0.15, -0.1) is 0 Å². The minimum Gasteiger partial charge on any atom is -0.489 e. The van der Waals surface area contributed by atoms with Crippen molar-refractivity contribution < 1.29 is 13.9 Å². The van der Waals surface area contributed by atoms with Crippen LogP contribution in [0.5, 0.6) is 17.2 Å². The van der Waals surface area contributed by atoms with Gasteiger partial charge in [-0.1, -0.05) is 42.5 Å². The second-order valence-electron chi connectivity index (χ2n) is 8.76. The van der Waals surface area contributed by atoms with Gasteiger partial charge >= 0.3 is 0 Å². The lowest BCUT2D eigenvalue weighted by Gasteiger charge is -2.17. The molecule has 34 heavy (non-hydrogen) atoms. The first-order valence-corrected chi connectivity index (χ1v) is 12.7. The molecule has 0 atom stereocenters. The third kappa shape index (κ3) is 5.12. The Labute approximate surface area is 213 Å². The highest BCUT2D eigenvalue weighted by Gasteiger charge is 2.21. The van der Waals surface area contributed by atoms with Gasteiger partial charge < -0.3 is 9.47 Å². The minimum atomic E-state index is -0.232. The highest BCUT2D eigenvalue weighted by atomic mass is 127. The zero-order chi connectivity index (χ0) is 23.5. The fraction of sp³-hybridized carbons (Fsp3) is 0.200. The van der Waals surface area contributed by atoms with Gasteiger partial charge in [0.2, 0.25) is 0 Å². The number of halogens is 2. The van der Waals surface area contributed by atoms with Crippen molar-refractivity contribution in [2.75, 3.05) is 0 Å². The predicted octanol–water partition coefficient (Wildman–Crippen LogP) is 8.19. The van der Waals surface area contributed by atoms with Crippen LogP contribution in [0.15, 0.2) is 78.9 Å². The summed E-state index contributed by atoms with van der Waals surface area (Å²) in [4.78, 5) is 0. The smallest absolute Gasteiger partial charge is 0.133 e. The topological polar surface area (TPSA) is 18.5 Å². The fourth-order valence-electron chi connectivity index (χ4n) is 4.55. The Balaban J connectivity index is 1.46. The van der Waals surface area contributed by atoms with E-state index in [1.807, 2.05) is 42.5 Å². The van der Waals surface area contributed by atoms with Crippen LogP contribution in [0.4, 0.5) is 4.39 Å². The molecule has 0 spiro atoms. The predicted molar refractivity (Wildman–Crippen MR) is 142 cm³/mol. The summed E-state index contributed by atoms with van der Waals surface area (Å²) in [6.45, 7) is 2.61. The van der Waals surface area contributed by atoms with Crippen molar-refractivity contribution >= 4 is 22.6 Å². The van der Waals surface area contributed by atoms with Crippen LogP contribution in [0.2, 0.25) is 0 Å². The Kier molecular flexibility index (Phi) is 6.86. The molecule has 0 N–H and O–H groups in total. The average Bonchev–Trinajstić information content (AvgIpc) is 3.34. The Morgan fingerprint density at radius 1 is 0.853 bits per heavy atom. The summed E-state index contributed by atoms with van der Waals surface area (Å²) >= 11 is 2.44. The number of benzene rings is 4. The molecule has 0 unspecified atom stereocenters. The van der Waals surface area contributed by atoms with Crippen molar-refractivity contribution in [2.24, 2.45) is 0 Å². The summed E-state index contributed by atoms with van der Waals surface area (Å²) in [5, 5.41) is 0. The van der Waals surface area contributed by atoms with E-state index in [9.17, 15) is 4.39 Å². The summed E-state index contributed by atoms with van der Waals surface area (Å²) in [5.41, 5.74) is 7.08.